The second kappa shape index (κ2) is 4.92. The van der Waals surface area contributed by atoms with E-state index in [4.69, 9.17) is 11.6 Å². The van der Waals surface area contributed by atoms with E-state index in [-0.39, 0.29) is 0 Å². The highest BCUT2D eigenvalue weighted by atomic mass is 35.5. The number of fused-ring (bicyclic) bond motifs is 1. The minimum Gasteiger partial charge on any atom is -0.385 e. The van der Waals surface area contributed by atoms with Crippen LogP contribution in [0, 0.1) is 6.92 Å². The van der Waals surface area contributed by atoms with Crippen LogP contribution in [0.15, 0.2) is 18.2 Å². The predicted molar refractivity (Wildman–Crippen MR) is 75.0 cm³/mol. The van der Waals surface area contributed by atoms with Crippen molar-refractivity contribution in [3.63, 3.8) is 0 Å². The summed E-state index contributed by atoms with van der Waals surface area (Å²) in [5.74, 6) is 0. The Morgan fingerprint density at radius 3 is 2.65 bits per heavy atom. The largest absolute Gasteiger partial charge is 0.385 e. The summed E-state index contributed by atoms with van der Waals surface area (Å²) >= 11 is 6.15. The molecular formula is C14H17ClN2. The van der Waals surface area contributed by atoms with Crippen LogP contribution in [0.4, 0.5) is 5.69 Å². The van der Waals surface area contributed by atoms with Crippen molar-refractivity contribution >= 4 is 28.2 Å². The zero-order valence-corrected chi connectivity index (χ0v) is 11.2. The van der Waals surface area contributed by atoms with Crippen molar-refractivity contribution in [1.82, 2.24) is 4.98 Å². The Balaban J connectivity index is 2.71. The second-order valence-corrected chi connectivity index (χ2v) is 4.57. The van der Waals surface area contributed by atoms with Crippen LogP contribution in [-0.2, 0) is 6.42 Å². The SMILES string of the molecule is CCNc1cc(CC)nc2cc(Cl)c(C)cc12. The minimum absolute atomic E-state index is 0.778. The Kier molecular flexibility index (Phi) is 3.53. The zero-order valence-electron chi connectivity index (χ0n) is 10.5. The van der Waals surface area contributed by atoms with E-state index in [2.05, 4.69) is 36.3 Å². The van der Waals surface area contributed by atoms with E-state index in [0.717, 1.165) is 45.8 Å². The van der Waals surface area contributed by atoms with Crippen LogP contribution in [0.2, 0.25) is 5.02 Å². The first-order valence-corrected chi connectivity index (χ1v) is 6.37. The summed E-state index contributed by atoms with van der Waals surface area (Å²) in [7, 11) is 0. The lowest BCUT2D eigenvalue weighted by atomic mass is 10.1. The van der Waals surface area contributed by atoms with Gasteiger partial charge in [-0.05, 0) is 44.0 Å². The summed E-state index contributed by atoms with van der Waals surface area (Å²) in [6.07, 6.45) is 0.930. The number of rotatable bonds is 3. The smallest absolute Gasteiger partial charge is 0.0741 e. The Bertz CT molecular complexity index is 549. The van der Waals surface area contributed by atoms with Gasteiger partial charge in [-0.25, -0.2) is 0 Å². The Labute approximate surface area is 107 Å². The normalized spacial score (nSPS) is 10.8. The average Bonchev–Trinajstić information content (AvgIpc) is 2.31. The molecule has 90 valence electrons. The van der Waals surface area contributed by atoms with E-state index in [0.29, 0.717) is 0 Å². The molecule has 0 unspecified atom stereocenters. The van der Waals surface area contributed by atoms with Gasteiger partial charge in [-0.3, -0.25) is 4.98 Å². The van der Waals surface area contributed by atoms with E-state index >= 15 is 0 Å². The molecule has 2 nitrogen and oxygen atoms in total. The first-order chi connectivity index (χ1) is 8.15. The predicted octanol–water partition coefficient (Wildman–Crippen LogP) is 4.19. The molecule has 0 aliphatic carbocycles. The number of aryl methyl sites for hydroxylation is 2. The van der Waals surface area contributed by atoms with Gasteiger partial charge in [0, 0.05) is 28.3 Å². The maximum absolute atomic E-state index is 6.15. The van der Waals surface area contributed by atoms with E-state index in [1.54, 1.807) is 0 Å². The maximum atomic E-state index is 6.15. The van der Waals surface area contributed by atoms with Gasteiger partial charge in [-0.1, -0.05) is 18.5 Å². The first-order valence-electron chi connectivity index (χ1n) is 5.99. The highest BCUT2D eigenvalue weighted by Crippen LogP contribution is 2.28. The lowest BCUT2D eigenvalue weighted by Gasteiger charge is -2.11. The van der Waals surface area contributed by atoms with Gasteiger partial charge in [0.25, 0.3) is 0 Å². The van der Waals surface area contributed by atoms with Crippen molar-refractivity contribution in [3.05, 3.63) is 34.5 Å². The molecule has 0 bridgehead atoms. The van der Waals surface area contributed by atoms with Crippen molar-refractivity contribution in [2.45, 2.75) is 27.2 Å². The fraction of sp³-hybridized carbons (Fsp3) is 0.357. The summed E-state index contributed by atoms with van der Waals surface area (Å²) < 4.78 is 0. The van der Waals surface area contributed by atoms with Gasteiger partial charge in [0.05, 0.1) is 5.52 Å². The lowest BCUT2D eigenvalue weighted by Crippen LogP contribution is -2.00. The molecule has 0 atom stereocenters. The van der Waals surface area contributed by atoms with Crippen molar-refractivity contribution in [3.8, 4) is 0 Å². The summed E-state index contributed by atoms with van der Waals surface area (Å²) in [6, 6.07) is 6.17. The number of hydrogen-bond donors (Lipinski definition) is 1. The van der Waals surface area contributed by atoms with E-state index in [9.17, 15) is 0 Å². The van der Waals surface area contributed by atoms with Gasteiger partial charge in [0.15, 0.2) is 0 Å². The number of halogens is 1. The fourth-order valence-electron chi connectivity index (χ4n) is 1.93. The monoisotopic (exact) mass is 248 g/mol. The topological polar surface area (TPSA) is 24.9 Å². The molecule has 0 spiro atoms. The van der Waals surface area contributed by atoms with Gasteiger partial charge >= 0.3 is 0 Å². The van der Waals surface area contributed by atoms with Gasteiger partial charge in [-0.15, -0.1) is 0 Å². The molecule has 0 amide bonds. The third-order valence-electron chi connectivity index (χ3n) is 2.87. The molecule has 0 fully saturated rings. The van der Waals surface area contributed by atoms with Gasteiger partial charge in [0.2, 0.25) is 0 Å². The van der Waals surface area contributed by atoms with Gasteiger partial charge in [0.1, 0.15) is 0 Å². The van der Waals surface area contributed by atoms with Crippen molar-refractivity contribution in [2.75, 3.05) is 11.9 Å². The molecule has 2 rings (SSSR count). The zero-order chi connectivity index (χ0) is 12.4. The number of benzene rings is 1. The molecule has 0 saturated carbocycles. The average molecular weight is 249 g/mol. The van der Waals surface area contributed by atoms with Crippen molar-refractivity contribution < 1.29 is 0 Å². The number of pyridine rings is 1. The summed E-state index contributed by atoms with van der Waals surface area (Å²) in [5, 5.41) is 5.31. The second-order valence-electron chi connectivity index (χ2n) is 4.16. The van der Waals surface area contributed by atoms with Gasteiger partial charge < -0.3 is 5.32 Å². The Morgan fingerprint density at radius 1 is 1.24 bits per heavy atom. The summed E-state index contributed by atoms with van der Waals surface area (Å²) in [6.45, 7) is 7.13. The number of anilines is 1. The molecule has 0 aliphatic rings. The van der Waals surface area contributed by atoms with Crippen LogP contribution in [-0.4, -0.2) is 11.5 Å². The third-order valence-corrected chi connectivity index (χ3v) is 3.28. The van der Waals surface area contributed by atoms with Crippen molar-refractivity contribution in [2.24, 2.45) is 0 Å². The number of aromatic nitrogens is 1. The van der Waals surface area contributed by atoms with Crippen LogP contribution in [0.5, 0.6) is 0 Å². The number of nitrogens with zero attached hydrogens (tertiary/aromatic N) is 1. The van der Waals surface area contributed by atoms with Crippen LogP contribution in [0.1, 0.15) is 25.1 Å². The minimum atomic E-state index is 0.778. The molecule has 0 radical (unpaired) electrons. The van der Waals surface area contributed by atoms with E-state index < -0.39 is 0 Å². The Hall–Kier alpha value is -1.28. The first kappa shape index (κ1) is 12.2. The van der Waals surface area contributed by atoms with Crippen molar-refractivity contribution in [1.29, 1.82) is 0 Å². The highest BCUT2D eigenvalue weighted by molar-refractivity contribution is 6.32. The molecular weight excluding hydrogens is 232 g/mol. The van der Waals surface area contributed by atoms with E-state index in [1.807, 2.05) is 13.0 Å². The quantitative estimate of drug-likeness (QED) is 0.881. The van der Waals surface area contributed by atoms with Crippen LogP contribution in [0.3, 0.4) is 0 Å². The summed E-state index contributed by atoms with van der Waals surface area (Å²) in [5.41, 5.74) is 4.29. The van der Waals surface area contributed by atoms with Crippen LogP contribution >= 0.6 is 11.6 Å². The lowest BCUT2D eigenvalue weighted by molar-refractivity contribution is 1.05. The molecule has 17 heavy (non-hydrogen) atoms. The maximum Gasteiger partial charge on any atom is 0.0741 e. The molecule has 2 aromatic rings. The van der Waals surface area contributed by atoms with Crippen LogP contribution in [0.25, 0.3) is 10.9 Å². The van der Waals surface area contributed by atoms with Crippen LogP contribution < -0.4 is 5.32 Å². The van der Waals surface area contributed by atoms with Gasteiger partial charge in [-0.2, -0.15) is 0 Å². The standard InChI is InChI=1S/C14H17ClN2/c1-4-10-7-13(16-5-2)11-6-9(3)12(15)8-14(11)17-10/h6-8H,4-5H2,1-3H3,(H,16,17). The third kappa shape index (κ3) is 2.37. The molecule has 0 saturated heterocycles. The molecule has 1 aromatic heterocycles. The summed E-state index contributed by atoms with van der Waals surface area (Å²) in [4.78, 5) is 4.61. The molecule has 1 N–H and O–H groups in total. The number of nitrogens with one attached hydrogen (secondary N) is 1. The number of hydrogen-bond acceptors (Lipinski definition) is 2. The molecule has 3 heteroatoms. The highest BCUT2D eigenvalue weighted by Gasteiger charge is 2.07. The Morgan fingerprint density at radius 2 is 2.00 bits per heavy atom. The molecule has 1 aromatic carbocycles. The molecule has 1 heterocycles. The van der Waals surface area contributed by atoms with E-state index in [1.165, 1.54) is 0 Å². The fourth-order valence-corrected chi connectivity index (χ4v) is 2.09. The molecule has 0 aliphatic heterocycles.